The second-order valence-electron chi connectivity index (χ2n) is 6.53. The Morgan fingerprint density at radius 2 is 2.11 bits per heavy atom. The largest absolute Gasteiger partial charge is 0.386 e. The predicted molar refractivity (Wildman–Crippen MR) is 86.6 cm³/mol. The van der Waals surface area contributed by atoms with Crippen LogP contribution < -0.4 is 0 Å². The maximum Gasteiger partial charge on any atom is 0.328 e. The molecule has 0 aromatic rings. The molecule has 8 nitrogen and oxygen atoms in total. The van der Waals surface area contributed by atoms with Crippen LogP contribution in [0.3, 0.4) is 0 Å². The van der Waals surface area contributed by atoms with Gasteiger partial charge in [0.05, 0.1) is 19.1 Å². The minimum absolute atomic E-state index is 0.433. The number of carbonyl (C=O) groups excluding carboxylic acids is 2. The second kappa shape index (κ2) is 7.18. The first-order valence-electron chi connectivity index (χ1n) is 7.96. The van der Waals surface area contributed by atoms with E-state index < -0.39 is 73.8 Å². The van der Waals surface area contributed by atoms with Crippen LogP contribution in [0.4, 0.5) is 13.2 Å². The molecule has 13 heteroatoms. The Bertz CT molecular complexity index is 735. The van der Waals surface area contributed by atoms with Crippen molar-refractivity contribution in [3.8, 4) is 0 Å². The fourth-order valence-corrected chi connectivity index (χ4v) is 5.57. The lowest BCUT2D eigenvalue weighted by molar-refractivity contribution is -0.210. The Morgan fingerprint density at radius 3 is 2.70 bits per heavy atom. The zero-order valence-corrected chi connectivity index (χ0v) is 15.9. The third kappa shape index (κ3) is 3.59. The van der Waals surface area contributed by atoms with E-state index in [9.17, 15) is 27.9 Å². The zero-order chi connectivity index (χ0) is 20.1. The number of fused-ring (bicyclic) bond motifs is 1. The van der Waals surface area contributed by atoms with Crippen molar-refractivity contribution in [1.29, 1.82) is 0 Å². The number of carbonyl (C=O) groups is 2. The van der Waals surface area contributed by atoms with Crippen LogP contribution in [0.2, 0.25) is 0 Å². The molecule has 0 saturated carbocycles. The monoisotopic (exact) mass is 431 g/mol. The Morgan fingerprint density at radius 1 is 1.44 bits per heavy atom. The number of hydrogen-bond donors (Lipinski definition) is 1. The normalized spacial score (nSPS) is 39.9. The van der Waals surface area contributed by atoms with Gasteiger partial charge in [0.1, 0.15) is 12.2 Å². The average molecular weight is 431 g/mol. The highest BCUT2D eigenvalue weighted by molar-refractivity contribution is 8.07. The van der Waals surface area contributed by atoms with Crippen LogP contribution in [-0.4, -0.2) is 64.9 Å². The molecule has 1 amide bonds. The van der Waals surface area contributed by atoms with Gasteiger partial charge in [0.25, 0.3) is 6.43 Å². The highest BCUT2D eigenvalue weighted by atomic mass is 32.5. The number of alkyl halides is 2. The number of ketones is 1. The van der Waals surface area contributed by atoms with Crippen molar-refractivity contribution in [2.75, 3.05) is 6.61 Å². The lowest BCUT2D eigenvalue weighted by Crippen LogP contribution is -2.56. The summed E-state index contributed by atoms with van der Waals surface area (Å²) in [6, 6.07) is 0. The molecule has 0 aliphatic carbocycles. The van der Waals surface area contributed by atoms with Crippen molar-refractivity contribution in [1.82, 2.24) is 4.90 Å². The lowest BCUT2D eigenvalue weighted by Gasteiger charge is -2.41. The van der Waals surface area contributed by atoms with E-state index in [-0.39, 0.29) is 0 Å². The van der Waals surface area contributed by atoms with Gasteiger partial charge in [-0.05, 0) is 25.7 Å². The number of hydrogen-bond acceptors (Lipinski definition) is 8. The molecule has 1 unspecified atom stereocenters. The number of aliphatic hydroxyl groups excluding tert-OH is 1. The molecule has 3 aliphatic rings. The van der Waals surface area contributed by atoms with Gasteiger partial charge >= 0.3 is 6.72 Å². The molecule has 27 heavy (non-hydrogen) atoms. The molecule has 3 rings (SSSR count). The van der Waals surface area contributed by atoms with E-state index in [0.717, 1.165) is 0 Å². The van der Waals surface area contributed by atoms with Crippen LogP contribution in [0, 0.1) is 0 Å². The van der Waals surface area contributed by atoms with Crippen LogP contribution in [0.1, 0.15) is 20.3 Å². The smallest absolute Gasteiger partial charge is 0.328 e. The van der Waals surface area contributed by atoms with E-state index in [1.165, 1.54) is 0 Å². The molecular weight excluding hydrogens is 414 g/mol. The molecule has 0 spiro atoms. The number of halogens is 3. The molecule has 3 aliphatic heterocycles. The first kappa shape index (κ1) is 20.8. The van der Waals surface area contributed by atoms with Gasteiger partial charge in [-0.15, -0.1) is 0 Å². The van der Waals surface area contributed by atoms with Crippen LogP contribution >= 0.6 is 6.72 Å². The third-order valence-corrected chi connectivity index (χ3v) is 6.66. The summed E-state index contributed by atoms with van der Waals surface area (Å²) in [5.74, 6) is -3.21. The molecule has 0 bridgehead atoms. The summed E-state index contributed by atoms with van der Waals surface area (Å²) in [5.41, 5.74) is -2.43. The van der Waals surface area contributed by atoms with E-state index in [1.807, 2.05) is 0 Å². The molecule has 152 valence electrons. The maximum absolute atomic E-state index is 13.8. The number of ether oxygens (including phenoxy) is 1. The molecule has 0 aromatic heterocycles. The van der Waals surface area contributed by atoms with Gasteiger partial charge in [0, 0.05) is 6.20 Å². The summed E-state index contributed by atoms with van der Waals surface area (Å²) in [6.07, 6.45) is -9.10. The van der Waals surface area contributed by atoms with E-state index in [1.54, 1.807) is 13.8 Å². The van der Waals surface area contributed by atoms with Gasteiger partial charge in [-0.1, -0.05) is 0 Å². The van der Waals surface area contributed by atoms with Crippen molar-refractivity contribution in [2.24, 2.45) is 0 Å². The molecule has 2 saturated heterocycles. The van der Waals surface area contributed by atoms with Gasteiger partial charge < -0.3 is 18.9 Å². The fraction of sp³-hybridized carbons (Fsp3) is 0.714. The van der Waals surface area contributed by atoms with Crippen LogP contribution in [0.5, 0.6) is 0 Å². The van der Waals surface area contributed by atoms with Gasteiger partial charge in [-0.25, -0.2) is 13.2 Å². The molecule has 2 fully saturated rings. The number of nitrogens with zero attached hydrogens (tertiary/aromatic N) is 1. The fourth-order valence-electron chi connectivity index (χ4n) is 2.99. The minimum Gasteiger partial charge on any atom is -0.386 e. The Hall–Kier alpha value is -0.880. The Labute approximate surface area is 157 Å². The van der Waals surface area contributed by atoms with E-state index in [4.69, 9.17) is 30.1 Å². The number of amides is 1. The lowest BCUT2D eigenvalue weighted by atomic mass is 9.96. The first-order valence-corrected chi connectivity index (χ1v) is 10.5. The Balaban J connectivity index is 1.93. The first-order chi connectivity index (χ1) is 12.5. The minimum atomic E-state index is -3.45. The van der Waals surface area contributed by atoms with E-state index in [0.29, 0.717) is 11.1 Å². The van der Waals surface area contributed by atoms with Crippen molar-refractivity contribution >= 4 is 30.2 Å². The van der Waals surface area contributed by atoms with Gasteiger partial charge in [0.2, 0.25) is 11.7 Å². The van der Waals surface area contributed by atoms with Crippen LogP contribution in [-0.2, 0) is 39.7 Å². The number of allylic oxidation sites excluding steroid dienone is 1. The maximum atomic E-state index is 13.8. The summed E-state index contributed by atoms with van der Waals surface area (Å²) in [6.45, 7) is -0.928. The van der Waals surface area contributed by atoms with E-state index >= 15 is 0 Å². The zero-order valence-electron chi connectivity index (χ0n) is 14.2. The Kier molecular flexibility index (Phi) is 5.54. The highest BCUT2D eigenvalue weighted by Gasteiger charge is 2.67. The number of rotatable bonds is 4. The molecule has 5 atom stereocenters. The summed E-state index contributed by atoms with van der Waals surface area (Å²) < 4.78 is 62.5. The SMILES string of the molecule is CC(C)OP1(=S)OC[C@@]2(C(F)F)O[C@@H](N3C=C(F)C(=O)CC3=O)[C@@H](O)[C@@H]2O1. The van der Waals surface area contributed by atoms with Gasteiger partial charge in [-0.3, -0.25) is 19.0 Å². The molecular formula is C14H17F3NO7PS. The highest BCUT2D eigenvalue weighted by Crippen LogP contribution is 2.60. The predicted octanol–water partition coefficient (Wildman–Crippen LogP) is 1.38. The average Bonchev–Trinajstić information content (AvgIpc) is 2.84. The standard InChI is InChI=1S/C14H17F3NO7PS/c1-6(2)24-26(27)22-5-14(13(16)17)11(25-26)10(21)12(23-14)18-4-7(15)8(19)3-9(18)20/h4,6,10-13,21H,3,5H2,1-2H3/t10-,11-,12+,14+,26?/m0/s1. The van der Waals surface area contributed by atoms with Crippen molar-refractivity contribution in [2.45, 2.75) is 56.8 Å². The van der Waals surface area contributed by atoms with Crippen LogP contribution in [0.15, 0.2) is 12.0 Å². The summed E-state index contributed by atoms with van der Waals surface area (Å²) in [4.78, 5) is 23.9. The molecule has 3 heterocycles. The quantitative estimate of drug-likeness (QED) is 0.527. The summed E-state index contributed by atoms with van der Waals surface area (Å²) >= 11 is 5.13. The van der Waals surface area contributed by atoms with Crippen molar-refractivity contribution in [3.63, 3.8) is 0 Å². The summed E-state index contributed by atoms with van der Waals surface area (Å²) in [7, 11) is 0. The van der Waals surface area contributed by atoms with Gasteiger partial charge in [-0.2, -0.15) is 0 Å². The summed E-state index contributed by atoms with van der Waals surface area (Å²) in [5, 5.41) is 10.5. The molecule has 0 aromatic carbocycles. The third-order valence-electron chi connectivity index (χ3n) is 4.22. The number of Topliss-reactive ketones (excluding diaryl/α,β-unsaturated/α-hetero) is 1. The second-order valence-corrected chi connectivity index (χ2v) is 9.45. The van der Waals surface area contributed by atoms with Crippen LogP contribution in [0.25, 0.3) is 0 Å². The topological polar surface area (TPSA) is 94.5 Å². The number of aliphatic hydroxyl groups is 1. The van der Waals surface area contributed by atoms with Gasteiger partial charge in [0.15, 0.2) is 17.7 Å². The van der Waals surface area contributed by atoms with Crippen molar-refractivity contribution < 1.29 is 46.2 Å². The van der Waals surface area contributed by atoms with Crippen molar-refractivity contribution in [3.05, 3.63) is 12.0 Å². The molecule has 0 radical (unpaired) electrons. The van der Waals surface area contributed by atoms with E-state index in [2.05, 4.69) is 0 Å². The molecule has 1 N–H and O–H groups in total.